The van der Waals surface area contributed by atoms with Gasteiger partial charge in [-0.3, -0.25) is 0 Å². The molecular formula is C15H14ClFNY-. The maximum Gasteiger partial charge on any atom is 0.0784 e. The Labute approximate surface area is 143 Å². The number of likely N-dealkylation sites (N-methyl/N-ethyl adjacent to an activating group) is 1. The van der Waals surface area contributed by atoms with E-state index in [1.807, 2.05) is 24.8 Å². The smallest absolute Gasteiger partial charge is 0.0784 e. The van der Waals surface area contributed by atoms with Crippen LogP contribution in [0.1, 0.15) is 18.1 Å². The van der Waals surface area contributed by atoms with E-state index in [4.69, 9.17) is 11.6 Å². The molecule has 0 spiro atoms. The first kappa shape index (κ1) is 16.6. The summed E-state index contributed by atoms with van der Waals surface area (Å²) in [6, 6.07) is 5.15. The van der Waals surface area contributed by atoms with E-state index in [9.17, 15) is 4.39 Å². The molecule has 0 atom stereocenters. The Balaban J connectivity index is 0.00000180. The Kier molecular flexibility index (Phi) is 5.97. The molecule has 0 aromatic heterocycles. The molecule has 1 heterocycles. The van der Waals surface area contributed by atoms with Crippen LogP contribution in [0.2, 0.25) is 0 Å². The van der Waals surface area contributed by atoms with Gasteiger partial charge in [0, 0.05) is 39.3 Å². The number of hydrogen-bond donors (Lipinski definition) is 0. The van der Waals surface area contributed by atoms with Crippen molar-refractivity contribution >= 4 is 17.3 Å². The number of rotatable bonds is 2. The number of aryl methyl sites for hydroxylation is 1. The summed E-state index contributed by atoms with van der Waals surface area (Å²) >= 11 is 6.01. The van der Waals surface area contributed by atoms with Crippen molar-refractivity contribution in [2.45, 2.75) is 13.8 Å². The molecule has 1 aliphatic rings. The van der Waals surface area contributed by atoms with Crippen LogP contribution in [0.15, 0.2) is 41.6 Å². The minimum Gasteiger partial charge on any atom is -0.374 e. The van der Waals surface area contributed by atoms with Gasteiger partial charge in [0.05, 0.1) is 5.82 Å². The zero-order chi connectivity index (χ0) is 13.3. The molecule has 1 radical (unpaired) electrons. The Morgan fingerprint density at radius 1 is 1.42 bits per heavy atom. The largest absolute Gasteiger partial charge is 0.374 e. The van der Waals surface area contributed by atoms with Gasteiger partial charge in [0.1, 0.15) is 0 Å². The van der Waals surface area contributed by atoms with Crippen LogP contribution in [0.3, 0.4) is 0 Å². The van der Waals surface area contributed by atoms with E-state index < -0.39 is 0 Å². The second-order valence-electron chi connectivity index (χ2n) is 4.16. The first-order valence-electron chi connectivity index (χ1n) is 5.77. The summed E-state index contributed by atoms with van der Waals surface area (Å²) in [6.45, 7) is 8.40. The Hall–Kier alpha value is -0.436. The molecule has 1 aromatic carbocycles. The fourth-order valence-corrected chi connectivity index (χ4v) is 2.10. The van der Waals surface area contributed by atoms with Gasteiger partial charge in [-0.15, -0.1) is 6.07 Å². The number of halogens is 2. The van der Waals surface area contributed by atoms with Crippen LogP contribution in [-0.4, -0.2) is 11.4 Å². The van der Waals surface area contributed by atoms with E-state index in [1.54, 1.807) is 12.1 Å². The van der Waals surface area contributed by atoms with Crippen LogP contribution in [0.4, 0.5) is 4.39 Å². The molecule has 0 fully saturated rings. The van der Waals surface area contributed by atoms with E-state index in [2.05, 4.69) is 12.7 Å². The Morgan fingerprint density at radius 3 is 2.68 bits per heavy atom. The third-order valence-corrected chi connectivity index (χ3v) is 3.23. The summed E-state index contributed by atoms with van der Waals surface area (Å²) in [5.74, 6) is -0.254. The molecule has 19 heavy (non-hydrogen) atoms. The number of allylic oxidation sites excluding steroid dienone is 3. The topological polar surface area (TPSA) is 3.24 Å². The molecule has 1 nitrogen and oxygen atoms in total. The molecule has 1 aromatic rings. The van der Waals surface area contributed by atoms with Crippen molar-refractivity contribution in [3.8, 4) is 0 Å². The van der Waals surface area contributed by atoms with Gasteiger partial charge in [-0.2, -0.15) is 23.8 Å². The first-order valence-corrected chi connectivity index (χ1v) is 6.15. The van der Waals surface area contributed by atoms with Crippen molar-refractivity contribution in [2.75, 3.05) is 6.54 Å². The minimum absolute atomic E-state index is 0. The summed E-state index contributed by atoms with van der Waals surface area (Å²) in [5, 5.41) is 0.535. The molecule has 97 valence electrons. The fourth-order valence-electron chi connectivity index (χ4n) is 1.94. The summed E-state index contributed by atoms with van der Waals surface area (Å²) in [6.07, 6.45) is 4.65. The molecule has 0 N–H and O–H groups in total. The van der Waals surface area contributed by atoms with Crippen LogP contribution in [0.25, 0.3) is 5.70 Å². The van der Waals surface area contributed by atoms with Crippen LogP contribution < -0.4 is 0 Å². The second-order valence-corrected chi connectivity index (χ2v) is 4.57. The maximum absolute atomic E-state index is 14.0. The molecule has 2 rings (SSSR count). The molecule has 0 saturated heterocycles. The van der Waals surface area contributed by atoms with Crippen molar-refractivity contribution in [1.29, 1.82) is 0 Å². The third-order valence-electron chi connectivity index (χ3n) is 2.90. The normalized spacial score (nSPS) is 14.7. The van der Waals surface area contributed by atoms with E-state index in [1.165, 1.54) is 6.07 Å². The summed E-state index contributed by atoms with van der Waals surface area (Å²) < 4.78 is 14.0. The molecule has 4 heteroatoms. The zero-order valence-electron chi connectivity index (χ0n) is 11.0. The SMILES string of the molecule is C=C1C(Cl)=C[C-]=C(c2ccc(C)cc2F)N1CC.[Y]. The van der Waals surface area contributed by atoms with Crippen LogP contribution in [-0.2, 0) is 32.7 Å². The second kappa shape index (κ2) is 6.83. The molecular weight excluding hydrogens is 338 g/mol. The van der Waals surface area contributed by atoms with Crippen molar-refractivity contribution in [1.82, 2.24) is 4.90 Å². The van der Waals surface area contributed by atoms with Gasteiger partial charge < -0.3 is 4.90 Å². The molecule has 1 aliphatic heterocycles. The third kappa shape index (κ3) is 3.36. The van der Waals surface area contributed by atoms with Crippen molar-refractivity contribution in [3.63, 3.8) is 0 Å². The molecule has 0 unspecified atom stereocenters. The molecule has 0 amide bonds. The monoisotopic (exact) mass is 351 g/mol. The van der Waals surface area contributed by atoms with Crippen LogP contribution in [0, 0.1) is 18.8 Å². The van der Waals surface area contributed by atoms with E-state index >= 15 is 0 Å². The summed E-state index contributed by atoms with van der Waals surface area (Å²) in [4.78, 5) is 1.86. The predicted molar refractivity (Wildman–Crippen MR) is 73.2 cm³/mol. The number of benzene rings is 1. The van der Waals surface area contributed by atoms with Gasteiger partial charge in [0.2, 0.25) is 0 Å². The van der Waals surface area contributed by atoms with Gasteiger partial charge >= 0.3 is 0 Å². The average Bonchev–Trinajstić information content (AvgIpc) is 2.33. The molecule has 0 saturated carbocycles. The zero-order valence-corrected chi connectivity index (χ0v) is 14.6. The summed E-state index contributed by atoms with van der Waals surface area (Å²) in [5.41, 5.74) is 2.75. The number of hydrogen-bond acceptors (Lipinski definition) is 1. The maximum atomic E-state index is 14.0. The van der Waals surface area contributed by atoms with E-state index in [0.717, 1.165) is 5.56 Å². The van der Waals surface area contributed by atoms with Gasteiger partial charge in [-0.25, -0.2) is 4.39 Å². The molecule has 0 bridgehead atoms. The number of nitrogens with zero attached hydrogens (tertiary/aromatic N) is 1. The van der Waals surface area contributed by atoms with Gasteiger partial charge in [0.25, 0.3) is 0 Å². The quantitative estimate of drug-likeness (QED) is 0.720. The van der Waals surface area contributed by atoms with Gasteiger partial charge in [-0.05, 0) is 30.6 Å². The summed E-state index contributed by atoms with van der Waals surface area (Å²) in [7, 11) is 0. The predicted octanol–water partition coefficient (Wildman–Crippen LogP) is 4.25. The van der Waals surface area contributed by atoms with Crippen molar-refractivity contribution in [3.05, 3.63) is 64.6 Å². The van der Waals surface area contributed by atoms with E-state index in [-0.39, 0.29) is 38.5 Å². The fraction of sp³-hybridized carbons (Fsp3) is 0.200. The van der Waals surface area contributed by atoms with Crippen LogP contribution in [0.5, 0.6) is 0 Å². The Morgan fingerprint density at radius 2 is 2.11 bits per heavy atom. The van der Waals surface area contributed by atoms with Gasteiger partial charge in [0.15, 0.2) is 0 Å². The van der Waals surface area contributed by atoms with E-state index in [0.29, 0.717) is 28.5 Å². The minimum atomic E-state index is -0.254. The standard InChI is InChI=1S/C15H14ClFN.Y/c1-4-18-11(3)13(16)7-8-15(18)12-6-5-10(2)9-14(12)17;/h5-7,9H,3-4H2,1-2H3;/q-1;. The van der Waals surface area contributed by atoms with Crippen molar-refractivity contribution in [2.24, 2.45) is 0 Å². The van der Waals surface area contributed by atoms with Crippen molar-refractivity contribution < 1.29 is 37.1 Å². The molecule has 0 aliphatic carbocycles. The van der Waals surface area contributed by atoms with Gasteiger partial charge in [-0.1, -0.05) is 29.5 Å². The van der Waals surface area contributed by atoms with Crippen LogP contribution >= 0.6 is 11.6 Å². The first-order chi connectivity index (χ1) is 8.54. The average molecular weight is 352 g/mol. The Bertz CT molecular complexity index is 563.